The molecule has 1 atom stereocenters. The largest absolute Gasteiger partial charge is 0.460 e. The molecule has 1 unspecified atom stereocenters. The number of halogens is 1. The third-order valence-corrected chi connectivity index (χ3v) is 3.69. The average molecular weight is 332 g/mol. The minimum atomic E-state index is -0.605. The van der Waals surface area contributed by atoms with E-state index in [0.717, 1.165) is 0 Å². The van der Waals surface area contributed by atoms with Crippen molar-refractivity contribution in [2.75, 3.05) is 0 Å². The maximum Gasteiger partial charge on any atom is 0.337 e. The van der Waals surface area contributed by atoms with E-state index >= 15 is 0 Å². The topological polar surface area (TPSA) is 88.1 Å². The van der Waals surface area contributed by atoms with E-state index in [-0.39, 0.29) is 17.5 Å². The summed E-state index contributed by atoms with van der Waals surface area (Å²) in [4.78, 5) is 12.5. The van der Waals surface area contributed by atoms with Gasteiger partial charge in [0.15, 0.2) is 0 Å². The molecule has 1 aromatic rings. The Morgan fingerprint density at radius 2 is 2.17 bits per heavy atom. The number of dihydropyridines is 1. The Balaban J connectivity index is 2.59. The second-order valence-corrected chi connectivity index (χ2v) is 5.98. The van der Waals surface area contributed by atoms with E-state index in [9.17, 15) is 10.1 Å². The number of rotatable bonds is 3. The van der Waals surface area contributed by atoms with Crippen molar-refractivity contribution < 1.29 is 9.53 Å². The van der Waals surface area contributed by atoms with Crippen LogP contribution in [0.2, 0.25) is 5.02 Å². The van der Waals surface area contributed by atoms with Crippen LogP contribution in [0.15, 0.2) is 46.9 Å². The lowest BCUT2D eigenvalue weighted by molar-refractivity contribution is -0.143. The predicted octanol–water partition coefficient (Wildman–Crippen LogP) is 2.95. The summed E-state index contributed by atoms with van der Waals surface area (Å²) in [5, 5.41) is 12.9. The quantitative estimate of drug-likeness (QED) is 0.831. The fourth-order valence-electron chi connectivity index (χ4n) is 2.55. The minimum absolute atomic E-state index is 0.232. The van der Waals surface area contributed by atoms with Crippen LogP contribution in [0.25, 0.3) is 0 Å². The van der Waals surface area contributed by atoms with Gasteiger partial charge in [0, 0.05) is 10.7 Å². The lowest BCUT2D eigenvalue weighted by atomic mass is 9.82. The molecule has 120 valence electrons. The Kier molecular flexibility index (Phi) is 4.97. The van der Waals surface area contributed by atoms with E-state index in [2.05, 4.69) is 11.4 Å². The number of nitriles is 1. The van der Waals surface area contributed by atoms with Gasteiger partial charge in [-0.05, 0) is 38.5 Å². The molecular formula is C17H18ClN3O2. The first kappa shape index (κ1) is 16.9. The predicted molar refractivity (Wildman–Crippen MR) is 88.1 cm³/mol. The van der Waals surface area contributed by atoms with Crippen LogP contribution in [-0.2, 0) is 9.53 Å². The molecule has 0 spiro atoms. The van der Waals surface area contributed by atoms with E-state index in [4.69, 9.17) is 22.1 Å². The summed E-state index contributed by atoms with van der Waals surface area (Å²) >= 11 is 6.06. The molecule has 0 aromatic heterocycles. The maximum atomic E-state index is 12.5. The highest BCUT2D eigenvalue weighted by atomic mass is 35.5. The van der Waals surface area contributed by atoms with Gasteiger partial charge in [-0.3, -0.25) is 0 Å². The van der Waals surface area contributed by atoms with Crippen molar-refractivity contribution in [2.24, 2.45) is 5.73 Å². The number of carbonyl (C=O) groups is 1. The number of nitrogens with two attached hydrogens (primary N) is 1. The Bertz CT molecular complexity index is 744. The van der Waals surface area contributed by atoms with Crippen molar-refractivity contribution in [3.8, 4) is 6.07 Å². The average Bonchev–Trinajstić information content (AvgIpc) is 2.45. The molecule has 1 aliphatic heterocycles. The zero-order chi connectivity index (χ0) is 17.1. The van der Waals surface area contributed by atoms with Gasteiger partial charge in [-0.15, -0.1) is 0 Å². The molecule has 0 radical (unpaired) electrons. The van der Waals surface area contributed by atoms with Crippen LogP contribution >= 0.6 is 11.6 Å². The van der Waals surface area contributed by atoms with E-state index in [0.29, 0.717) is 21.9 Å². The summed E-state index contributed by atoms with van der Waals surface area (Å²) < 4.78 is 5.33. The zero-order valence-corrected chi connectivity index (χ0v) is 13.9. The SMILES string of the molecule is CC1=C(C(=O)OC(C)C)C(c2cccc(Cl)c2)C(C#N)=C(N)N1. The van der Waals surface area contributed by atoms with E-state index in [1.165, 1.54) is 0 Å². The van der Waals surface area contributed by atoms with Crippen LogP contribution in [0.3, 0.4) is 0 Å². The van der Waals surface area contributed by atoms with Gasteiger partial charge in [0.1, 0.15) is 5.82 Å². The summed E-state index contributed by atoms with van der Waals surface area (Å²) in [7, 11) is 0. The highest BCUT2D eigenvalue weighted by molar-refractivity contribution is 6.30. The first-order valence-electron chi connectivity index (χ1n) is 7.19. The highest BCUT2D eigenvalue weighted by Gasteiger charge is 2.35. The van der Waals surface area contributed by atoms with Gasteiger partial charge in [0.05, 0.1) is 29.2 Å². The number of nitrogens with zero attached hydrogens (tertiary/aromatic N) is 1. The molecular weight excluding hydrogens is 314 g/mol. The second-order valence-electron chi connectivity index (χ2n) is 5.54. The Morgan fingerprint density at radius 3 is 2.74 bits per heavy atom. The number of carbonyl (C=O) groups excluding carboxylic acids is 1. The van der Waals surface area contributed by atoms with Gasteiger partial charge in [-0.1, -0.05) is 23.7 Å². The van der Waals surface area contributed by atoms with E-state index in [1.807, 2.05) is 6.07 Å². The van der Waals surface area contributed by atoms with Gasteiger partial charge < -0.3 is 15.8 Å². The number of hydrogen-bond donors (Lipinski definition) is 2. The van der Waals surface area contributed by atoms with Gasteiger partial charge in [-0.25, -0.2) is 4.79 Å². The van der Waals surface area contributed by atoms with Crippen molar-refractivity contribution >= 4 is 17.6 Å². The summed E-state index contributed by atoms with van der Waals surface area (Å²) in [5.74, 6) is -0.850. The smallest absolute Gasteiger partial charge is 0.337 e. The van der Waals surface area contributed by atoms with Gasteiger partial charge >= 0.3 is 5.97 Å². The molecule has 3 N–H and O–H groups in total. The third kappa shape index (κ3) is 3.49. The number of nitrogens with one attached hydrogen (secondary N) is 1. The molecule has 0 fully saturated rings. The number of allylic oxidation sites excluding steroid dienone is 2. The van der Waals surface area contributed by atoms with Crippen molar-refractivity contribution in [3.05, 3.63) is 57.5 Å². The van der Waals surface area contributed by atoms with Crippen molar-refractivity contribution in [1.82, 2.24) is 5.32 Å². The standard InChI is InChI=1S/C17H18ClN3O2/c1-9(2)23-17(22)14-10(3)21-16(20)13(8-19)15(14)11-5-4-6-12(18)7-11/h4-7,9,15,21H,20H2,1-3H3. The van der Waals surface area contributed by atoms with Crippen LogP contribution in [0.5, 0.6) is 0 Å². The monoisotopic (exact) mass is 331 g/mol. The summed E-state index contributed by atoms with van der Waals surface area (Å²) in [6.45, 7) is 5.27. The molecule has 1 aromatic carbocycles. The van der Waals surface area contributed by atoms with Crippen molar-refractivity contribution in [2.45, 2.75) is 32.8 Å². The molecule has 6 heteroatoms. The molecule has 2 rings (SSSR count). The molecule has 0 aliphatic carbocycles. The van der Waals surface area contributed by atoms with Crippen LogP contribution < -0.4 is 11.1 Å². The molecule has 5 nitrogen and oxygen atoms in total. The zero-order valence-electron chi connectivity index (χ0n) is 13.2. The van der Waals surface area contributed by atoms with Crippen LogP contribution in [0.1, 0.15) is 32.3 Å². The number of ether oxygens (including phenoxy) is 1. The van der Waals surface area contributed by atoms with Gasteiger partial charge in [-0.2, -0.15) is 5.26 Å². The normalized spacial score (nSPS) is 17.8. The molecule has 0 saturated heterocycles. The number of hydrogen-bond acceptors (Lipinski definition) is 5. The lowest BCUT2D eigenvalue weighted by Crippen LogP contribution is -2.33. The fourth-order valence-corrected chi connectivity index (χ4v) is 2.74. The molecule has 1 heterocycles. The first-order valence-corrected chi connectivity index (χ1v) is 7.57. The summed E-state index contributed by atoms with van der Waals surface area (Å²) in [6, 6.07) is 9.12. The molecule has 1 aliphatic rings. The molecule has 0 saturated carbocycles. The summed E-state index contributed by atoms with van der Waals surface area (Å²) in [6.07, 6.45) is -0.267. The molecule has 0 bridgehead atoms. The number of benzene rings is 1. The molecule has 0 amide bonds. The number of esters is 1. The van der Waals surface area contributed by atoms with Gasteiger partial charge in [0.2, 0.25) is 0 Å². The molecule has 23 heavy (non-hydrogen) atoms. The van der Waals surface area contributed by atoms with Crippen LogP contribution in [0.4, 0.5) is 0 Å². The second kappa shape index (κ2) is 6.76. The Labute approximate surface area is 140 Å². The first-order chi connectivity index (χ1) is 10.8. The van der Waals surface area contributed by atoms with E-state index in [1.54, 1.807) is 39.0 Å². The summed E-state index contributed by atoms with van der Waals surface area (Å²) in [5.41, 5.74) is 7.86. The van der Waals surface area contributed by atoms with Gasteiger partial charge in [0.25, 0.3) is 0 Å². The van der Waals surface area contributed by atoms with Crippen LogP contribution in [-0.4, -0.2) is 12.1 Å². The highest BCUT2D eigenvalue weighted by Crippen LogP contribution is 2.38. The lowest BCUT2D eigenvalue weighted by Gasteiger charge is -2.28. The van der Waals surface area contributed by atoms with E-state index < -0.39 is 11.9 Å². The minimum Gasteiger partial charge on any atom is -0.460 e. The fraction of sp³-hybridized carbons (Fsp3) is 0.294. The Morgan fingerprint density at radius 1 is 1.48 bits per heavy atom. The Hall–Kier alpha value is -2.45. The maximum absolute atomic E-state index is 12.5. The van der Waals surface area contributed by atoms with Crippen molar-refractivity contribution in [3.63, 3.8) is 0 Å². The van der Waals surface area contributed by atoms with Crippen molar-refractivity contribution in [1.29, 1.82) is 5.26 Å². The van der Waals surface area contributed by atoms with Crippen LogP contribution in [0, 0.1) is 11.3 Å². The third-order valence-electron chi connectivity index (χ3n) is 3.46.